The van der Waals surface area contributed by atoms with E-state index in [0.29, 0.717) is 43.3 Å². The molecular formula is C27H31N3O4S. The van der Waals surface area contributed by atoms with Crippen LogP contribution in [0.25, 0.3) is 0 Å². The molecule has 1 aromatic heterocycles. The molecule has 2 heterocycles. The Balaban J connectivity index is 1.27. The summed E-state index contributed by atoms with van der Waals surface area (Å²) in [6.45, 7) is 6.95. The molecule has 4 rings (SSSR count). The van der Waals surface area contributed by atoms with Gasteiger partial charge in [0.2, 0.25) is 21.8 Å². The van der Waals surface area contributed by atoms with Gasteiger partial charge in [-0.3, -0.25) is 4.79 Å². The molecule has 35 heavy (non-hydrogen) atoms. The number of benzene rings is 2. The third kappa shape index (κ3) is 6.07. The van der Waals surface area contributed by atoms with Crippen LogP contribution in [0.5, 0.6) is 11.6 Å². The molecule has 8 heteroatoms. The van der Waals surface area contributed by atoms with Gasteiger partial charge >= 0.3 is 0 Å². The Morgan fingerprint density at radius 1 is 1.00 bits per heavy atom. The van der Waals surface area contributed by atoms with E-state index in [1.165, 1.54) is 4.31 Å². The third-order valence-electron chi connectivity index (χ3n) is 6.31. The summed E-state index contributed by atoms with van der Waals surface area (Å²) in [6.07, 6.45) is 2.69. The molecule has 1 amide bonds. The maximum Gasteiger partial charge on any atom is 0.243 e. The summed E-state index contributed by atoms with van der Waals surface area (Å²) in [5, 5.41) is 2.96. The van der Waals surface area contributed by atoms with Gasteiger partial charge < -0.3 is 10.1 Å². The Kier molecular flexibility index (Phi) is 7.52. The molecule has 0 atom stereocenters. The van der Waals surface area contributed by atoms with E-state index in [1.807, 2.05) is 45.0 Å². The zero-order valence-electron chi connectivity index (χ0n) is 20.3. The van der Waals surface area contributed by atoms with Crippen molar-refractivity contribution in [2.75, 3.05) is 13.1 Å². The van der Waals surface area contributed by atoms with Crippen LogP contribution in [0, 0.1) is 26.7 Å². The number of sulfonamides is 1. The van der Waals surface area contributed by atoms with E-state index in [0.717, 1.165) is 28.0 Å². The van der Waals surface area contributed by atoms with E-state index in [4.69, 9.17) is 4.74 Å². The number of hydrogen-bond donors (Lipinski definition) is 1. The number of piperidine rings is 1. The van der Waals surface area contributed by atoms with Gasteiger partial charge in [-0.05, 0) is 68.5 Å². The van der Waals surface area contributed by atoms with Crippen molar-refractivity contribution in [2.24, 2.45) is 5.92 Å². The highest BCUT2D eigenvalue weighted by molar-refractivity contribution is 7.89. The van der Waals surface area contributed by atoms with Crippen LogP contribution < -0.4 is 10.1 Å². The minimum atomic E-state index is -3.53. The average molecular weight is 494 g/mol. The number of aryl methyl sites for hydroxylation is 3. The maximum atomic E-state index is 12.9. The SMILES string of the molecule is Cc1ccc(S(=O)(=O)N2CCC(C(=O)NCc3ccc(Oc4cc(C)ccc4C)nc3)CC2)cc1. The van der Waals surface area contributed by atoms with Crippen LogP contribution in [0.2, 0.25) is 0 Å². The smallest absolute Gasteiger partial charge is 0.243 e. The topological polar surface area (TPSA) is 88.6 Å². The van der Waals surface area contributed by atoms with Gasteiger partial charge in [0, 0.05) is 37.8 Å². The monoisotopic (exact) mass is 493 g/mol. The first-order chi connectivity index (χ1) is 16.7. The van der Waals surface area contributed by atoms with E-state index >= 15 is 0 Å². The Morgan fingerprint density at radius 3 is 2.34 bits per heavy atom. The fourth-order valence-corrected chi connectivity index (χ4v) is 5.53. The lowest BCUT2D eigenvalue weighted by Gasteiger charge is -2.30. The minimum absolute atomic E-state index is 0.0619. The van der Waals surface area contributed by atoms with Crippen molar-refractivity contribution in [1.29, 1.82) is 0 Å². The lowest BCUT2D eigenvalue weighted by Crippen LogP contribution is -2.42. The highest BCUT2D eigenvalue weighted by Crippen LogP contribution is 2.26. The first kappa shape index (κ1) is 24.9. The number of carbonyl (C=O) groups excluding carboxylic acids is 1. The lowest BCUT2D eigenvalue weighted by atomic mass is 9.97. The average Bonchev–Trinajstić information content (AvgIpc) is 2.86. The molecule has 7 nitrogen and oxygen atoms in total. The van der Waals surface area contributed by atoms with Crippen LogP contribution in [-0.2, 0) is 21.4 Å². The summed E-state index contributed by atoms with van der Waals surface area (Å²) in [4.78, 5) is 17.3. The second-order valence-electron chi connectivity index (χ2n) is 9.08. The fourth-order valence-electron chi connectivity index (χ4n) is 4.06. The summed E-state index contributed by atoms with van der Waals surface area (Å²) in [5.41, 5.74) is 4.03. The molecular weight excluding hydrogens is 462 g/mol. The number of amides is 1. The number of ether oxygens (including phenoxy) is 1. The van der Waals surface area contributed by atoms with E-state index < -0.39 is 10.0 Å². The van der Waals surface area contributed by atoms with Gasteiger partial charge in [-0.1, -0.05) is 35.9 Å². The van der Waals surface area contributed by atoms with Gasteiger partial charge in [-0.25, -0.2) is 13.4 Å². The van der Waals surface area contributed by atoms with Crippen molar-refractivity contribution in [3.63, 3.8) is 0 Å². The predicted molar refractivity (Wildman–Crippen MR) is 135 cm³/mol. The minimum Gasteiger partial charge on any atom is -0.439 e. The van der Waals surface area contributed by atoms with E-state index in [2.05, 4.69) is 10.3 Å². The maximum absolute atomic E-state index is 12.9. The van der Waals surface area contributed by atoms with Crippen molar-refractivity contribution in [1.82, 2.24) is 14.6 Å². The number of nitrogens with one attached hydrogen (secondary N) is 1. The molecule has 1 aliphatic heterocycles. The molecule has 0 aliphatic carbocycles. The Hall–Kier alpha value is -3.23. The number of carbonyl (C=O) groups is 1. The van der Waals surface area contributed by atoms with E-state index in [9.17, 15) is 13.2 Å². The Morgan fingerprint density at radius 2 is 1.69 bits per heavy atom. The lowest BCUT2D eigenvalue weighted by molar-refractivity contribution is -0.126. The summed E-state index contributed by atoms with van der Waals surface area (Å²) < 4.78 is 33.1. The van der Waals surface area contributed by atoms with Gasteiger partial charge in [0.15, 0.2) is 0 Å². The number of pyridine rings is 1. The number of aromatic nitrogens is 1. The van der Waals surface area contributed by atoms with E-state index in [1.54, 1.807) is 36.5 Å². The molecule has 1 saturated heterocycles. The highest BCUT2D eigenvalue weighted by atomic mass is 32.2. The molecule has 1 N–H and O–H groups in total. The molecule has 1 fully saturated rings. The second-order valence-corrected chi connectivity index (χ2v) is 11.0. The van der Waals surface area contributed by atoms with Gasteiger partial charge in [0.25, 0.3) is 0 Å². The van der Waals surface area contributed by atoms with Crippen molar-refractivity contribution < 1.29 is 17.9 Å². The summed E-state index contributed by atoms with van der Waals surface area (Å²) in [7, 11) is -3.53. The van der Waals surface area contributed by atoms with Crippen LogP contribution in [0.4, 0.5) is 0 Å². The molecule has 0 radical (unpaired) electrons. The van der Waals surface area contributed by atoms with Gasteiger partial charge in [-0.15, -0.1) is 0 Å². The molecule has 1 aliphatic rings. The van der Waals surface area contributed by atoms with Crippen LogP contribution in [0.15, 0.2) is 65.7 Å². The van der Waals surface area contributed by atoms with Gasteiger partial charge in [-0.2, -0.15) is 4.31 Å². The Labute approximate surface area is 207 Å². The van der Waals surface area contributed by atoms with Crippen LogP contribution in [0.1, 0.15) is 35.1 Å². The fraction of sp³-hybridized carbons (Fsp3) is 0.333. The Bertz CT molecular complexity index is 1280. The molecule has 0 bridgehead atoms. The van der Waals surface area contributed by atoms with Crippen molar-refractivity contribution in [2.45, 2.75) is 45.1 Å². The summed E-state index contributed by atoms with van der Waals surface area (Å²) in [5.74, 6) is 0.998. The third-order valence-corrected chi connectivity index (χ3v) is 8.22. The largest absolute Gasteiger partial charge is 0.439 e. The molecule has 0 saturated carbocycles. The highest BCUT2D eigenvalue weighted by Gasteiger charge is 2.32. The number of rotatable bonds is 7. The quantitative estimate of drug-likeness (QED) is 0.523. The first-order valence-electron chi connectivity index (χ1n) is 11.8. The zero-order chi connectivity index (χ0) is 25.0. The molecule has 2 aromatic carbocycles. The normalized spacial score (nSPS) is 15.1. The molecule has 184 valence electrons. The predicted octanol–water partition coefficient (Wildman–Crippen LogP) is 4.52. The van der Waals surface area contributed by atoms with Crippen molar-refractivity contribution in [3.8, 4) is 11.6 Å². The van der Waals surface area contributed by atoms with E-state index in [-0.39, 0.29) is 11.8 Å². The van der Waals surface area contributed by atoms with Crippen LogP contribution in [-0.4, -0.2) is 36.7 Å². The standard InChI is InChI=1S/C27H31N3O4S/c1-19-5-9-24(10-6-19)35(32,33)30-14-12-23(13-15-30)27(31)29-18-22-8-11-26(28-17-22)34-25-16-20(2)4-7-21(25)3/h4-11,16-17,23H,12-15,18H2,1-3H3,(H,29,31). The molecule has 0 spiro atoms. The van der Waals surface area contributed by atoms with Crippen molar-refractivity contribution >= 4 is 15.9 Å². The molecule has 0 unspecified atom stereocenters. The zero-order valence-corrected chi connectivity index (χ0v) is 21.1. The van der Waals surface area contributed by atoms with Gasteiger partial charge in [0.1, 0.15) is 5.75 Å². The van der Waals surface area contributed by atoms with Crippen LogP contribution in [0.3, 0.4) is 0 Å². The van der Waals surface area contributed by atoms with Gasteiger partial charge in [0.05, 0.1) is 4.90 Å². The van der Waals surface area contributed by atoms with Crippen LogP contribution >= 0.6 is 0 Å². The van der Waals surface area contributed by atoms with Crippen molar-refractivity contribution in [3.05, 3.63) is 83.0 Å². The number of nitrogens with zero attached hydrogens (tertiary/aromatic N) is 2. The number of hydrogen-bond acceptors (Lipinski definition) is 5. The first-order valence-corrected chi connectivity index (χ1v) is 13.2. The second kappa shape index (κ2) is 10.6. The summed E-state index contributed by atoms with van der Waals surface area (Å²) >= 11 is 0. The summed E-state index contributed by atoms with van der Waals surface area (Å²) in [6, 6.07) is 16.6. The molecule has 3 aromatic rings.